The molecule has 1 saturated heterocycles. The van der Waals surface area contributed by atoms with Gasteiger partial charge >= 0.3 is 0 Å². The number of carbonyl (C=O) groups excluding carboxylic acids is 2. The topological polar surface area (TPSA) is 135 Å². The highest BCUT2D eigenvalue weighted by Gasteiger charge is 2.46. The largest absolute Gasteiger partial charge is 0.274 e. The van der Waals surface area contributed by atoms with E-state index in [4.69, 9.17) is 5.14 Å². The van der Waals surface area contributed by atoms with Gasteiger partial charge in [-0.25, -0.2) is 26.9 Å². The predicted octanol–water partition coefficient (Wildman–Crippen LogP) is 2.21. The minimum atomic E-state index is -4.12. The lowest BCUT2D eigenvalue weighted by molar-refractivity contribution is -0.122. The van der Waals surface area contributed by atoms with Gasteiger partial charge in [0.05, 0.1) is 21.9 Å². The number of sulfonamides is 2. The van der Waals surface area contributed by atoms with E-state index in [1.807, 2.05) is 37.3 Å². The van der Waals surface area contributed by atoms with Gasteiger partial charge in [-0.1, -0.05) is 48.0 Å². The van der Waals surface area contributed by atoms with Gasteiger partial charge in [0, 0.05) is 6.54 Å². The predicted molar refractivity (Wildman–Crippen MR) is 134 cm³/mol. The van der Waals surface area contributed by atoms with E-state index >= 15 is 0 Å². The zero-order chi connectivity index (χ0) is 26.1. The fraction of sp³-hybridized carbons (Fsp3) is 0.200. The Kier molecular flexibility index (Phi) is 7.10. The van der Waals surface area contributed by atoms with Gasteiger partial charge in [0.2, 0.25) is 26.0 Å². The molecule has 1 atom stereocenters. The number of amides is 2. The van der Waals surface area contributed by atoms with Crippen molar-refractivity contribution in [2.45, 2.75) is 35.6 Å². The molecular weight excluding hydrogens is 502 g/mol. The number of hydrogen-bond donors (Lipinski definition) is 1. The van der Waals surface area contributed by atoms with Gasteiger partial charge in [-0.15, -0.1) is 0 Å². The fourth-order valence-corrected chi connectivity index (χ4v) is 6.17. The van der Waals surface area contributed by atoms with Crippen LogP contribution in [-0.4, -0.2) is 45.5 Å². The van der Waals surface area contributed by atoms with Crippen LogP contribution in [0.5, 0.6) is 0 Å². The standard InChI is InChI=1S/C25H25N3O6S2/c1-18-7-11-22(12-8-18)36(33,34)27(16-15-19-5-3-2-4-6-19)23-17-24(29)28(25(23)30)20-9-13-21(14-10-20)35(26,31)32/h2-14,23H,15-17H2,1H3,(H2,26,31,32). The monoisotopic (exact) mass is 527 g/mol. The van der Waals surface area contributed by atoms with Gasteiger partial charge in [-0.05, 0) is 55.3 Å². The number of nitrogens with zero attached hydrogens (tertiary/aromatic N) is 2. The Morgan fingerprint density at radius 3 is 2.03 bits per heavy atom. The minimum absolute atomic E-state index is 0.0118. The van der Waals surface area contributed by atoms with E-state index in [-0.39, 0.29) is 28.4 Å². The van der Waals surface area contributed by atoms with Crippen molar-refractivity contribution >= 4 is 37.5 Å². The van der Waals surface area contributed by atoms with Gasteiger partial charge in [0.1, 0.15) is 6.04 Å². The Balaban J connectivity index is 1.68. The Hall–Kier alpha value is -3.38. The Bertz CT molecular complexity index is 1490. The molecule has 0 radical (unpaired) electrons. The first-order valence-corrected chi connectivity index (χ1v) is 14.1. The molecule has 3 aromatic carbocycles. The van der Waals surface area contributed by atoms with Crippen molar-refractivity contribution in [1.29, 1.82) is 0 Å². The summed E-state index contributed by atoms with van der Waals surface area (Å²) in [5, 5.41) is 5.12. The van der Waals surface area contributed by atoms with E-state index in [1.54, 1.807) is 12.1 Å². The van der Waals surface area contributed by atoms with E-state index in [0.717, 1.165) is 20.3 Å². The quantitative estimate of drug-likeness (QED) is 0.446. The molecular formula is C25H25N3O6S2. The van der Waals surface area contributed by atoms with Crippen molar-refractivity contribution in [3.63, 3.8) is 0 Å². The van der Waals surface area contributed by atoms with Crippen molar-refractivity contribution in [2.24, 2.45) is 5.14 Å². The van der Waals surface area contributed by atoms with Gasteiger partial charge < -0.3 is 0 Å². The summed E-state index contributed by atoms with van der Waals surface area (Å²) in [6.07, 6.45) is 0.00259. The highest BCUT2D eigenvalue weighted by Crippen LogP contribution is 2.30. The molecule has 0 aliphatic carbocycles. The molecule has 0 bridgehead atoms. The summed E-state index contributed by atoms with van der Waals surface area (Å²) in [7, 11) is -8.08. The second-order valence-electron chi connectivity index (χ2n) is 8.49. The molecule has 3 aromatic rings. The maximum Gasteiger partial charge on any atom is 0.252 e. The summed E-state index contributed by atoms with van der Waals surface area (Å²) in [5.41, 5.74) is 1.90. The van der Waals surface area contributed by atoms with Crippen LogP contribution in [0.3, 0.4) is 0 Å². The average molecular weight is 528 g/mol. The molecule has 188 valence electrons. The third-order valence-electron chi connectivity index (χ3n) is 5.99. The van der Waals surface area contributed by atoms with E-state index < -0.39 is 37.9 Å². The Labute approximate surface area is 210 Å². The van der Waals surface area contributed by atoms with Crippen molar-refractivity contribution in [3.05, 3.63) is 90.0 Å². The third kappa shape index (κ3) is 5.24. The lowest BCUT2D eigenvalue weighted by atomic mass is 10.1. The number of carbonyl (C=O) groups is 2. The first-order valence-electron chi connectivity index (χ1n) is 11.1. The molecule has 36 heavy (non-hydrogen) atoms. The highest BCUT2D eigenvalue weighted by atomic mass is 32.2. The zero-order valence-corrected chi connectivity index (χ0v) is 21.1. The van der Waals surface area contributed by atoms with Crippen LogP contribution in [-0.2, 0) is 36.1 Å². The second kappa shape index (κ2) is 9.94. The average Bonchev–Trinajstić information content (AvgIpc) is 3.13. The molecule has 9 nitrogen and oxygen atoms in total. The summed E-state index contributed by atoms with van der Waals surface area (Å²) in [5.74, 6) is -1.29. The highest BCUT2D eigenvalue weighted by molar-refractivity contribution is 7.89. The number of imide groups is 1. The maximum absolute atomic E-state index is 13.7. The van der Waals surface area contributed by atoms with Gasteiger partial charge in [-0.2, -0.15) is 4.31 Å². The summed E-state index contributed by atoms with van der Waals surface area (Å²) >= 11 is 0. The molecule has 1 aliphatic rings. The van der Waals surface area contributed by atoms with Crippen molar-refractivity contribution in [3.8, 4) is 0 Å². The molecule has 1 fully saturated rings. The Morgan fingerprint density at radius 1 is 0.861 bits per heavy atom. The van der Waals surface area contributed by atoms with Crippen LogP contribution in [0.2, 0.25) is 0 Å². The summed E-state index contributed by atoms with van der Waals surface area (Å²) < 4.78 is 51.5. The van der Waals surface area contributed by atoms with Crippen LogP contribution in [0.4, 0.5) is 5.69 Å². The molecule has 0 spiro atoms. The number of anilines is 1. The summed E-state index contributed by atoms with van der Waals surface area (Å²) in [6.45, 7) is 1.82. The van der Waals surface area contributed by atoms with Crippen molar-refractivity contribution in [2.75, 3.05) is 11.4 Å². The van der Waals surface area contributed by atoms with Crippen LogP contribution in [0.25, 0.3) is 0 Å². The molecule has 1 heterocycles. The van der Waals surface area contributed by atoms with E-state index in [1.165, 1.54) is 36.4 Å². The molecule has 11 heteroatoms. The number of primary sulfonamides is 1. The van der Waals surface area contributed by atoms with Gasteiger partial charge in [0.25, 0.3) is 5.91 Å². The number of benzene rings is 3. The first kappa shape index (κ1) is 25.7. The lowest BCUT2D eigenvalue weighted by Crippen LogP contribution is -2.46. The van der Waals surface area contributed by atoms with Crippen LogP contribution in [0.1, 0.15) is 17.5 Å². The lowest BCUT2D eigenvalue weighted by Gasteiger charge is -2.27. The minimum Gasteiger partial charge on any atom is -0.274 e. The maximum atomic E-state index is 13.7. The molecule has 4 rings (SSSR count). The summed E-state index contributed by atoms with van der Waals surface area (Å²) in [6, 6.07) is 19.3. The van der Waals surface area contributed by atoms with Crippen LogP contribution < -0.4 is 10.0 Å². The molecule has 2 amide bonds. The van der Waals surface area contributed by atoms with Crippen molar-refractivity contribution in [1.82, 2.24) is 4.31 Å². The number of aryl methyl sites for hydroxylation is 1. The smallest absolute Gasteiger partial charge is 0.252 e. The Morgan fingerprint density at radius 2 is 1.44 bits per heavy atom. The summed E-state index contributed by atoms with van der Waals surface area (Å²) in [4.78, 5) is 27.1. The fourth-order valence-electron chi connectivity index (χ4n) is 4.07. The van der Waals surface area contributed by atoms with Crippen LogP contribution in [0, 0.1) is 6.92 Å². The molecule has 2 N–H and O–H groups in total. The normalized spacial score (nSPS) is 16.6. The van der Waals surface area contributed by atoms with Crippen LogP contribution in [0.15, 0.2) is 88.7 Å². The SMILES string of the molecule is Cc1ccc(S(=O)(=O)N(CCc2ccccc2)C2CC(=O)N(c3ccc(S(N)(=O)=O)cc3)C2=O)cc1. The van der Waals surface area contributed by atoms with Gasteiger partial charge in [-0.3, -0.25) is 9.59 Å². The number of nitrogens with two attached hydrogens (primary N) is 1. The number of hydrogen-bond acceptors (Lipinski definition) is 6. The zero-order valence-electron chi connectivity index (χ0n) is 19.4. The van der Waals surface area contributed by atoms with E-state index in [9.17, 15) is 26.4 Å². The second-order valence-corrected chi connectivity index (χ2v) is 11.9. The van der Waals surface area contributed by atoms with E-state index in [0.29, 0.717) is 6.42 Å². The molecule has 1 unspecified atom stereocenters. The van der Waals surface area contributed by atoms with Crippen molar-refractivity contribution < 1.29 is 26.4 Å². The molecule has 0 saturated carbocycles. The molecule has 1 aliphatic heterocycles. The first-order chi connectivity index (χ1) is 17.0. The van der Waals surface area contributed by atoms with Crippen LogP contribution >= 0.6 is 0 Å². The molecule has 0 aromatic heterocycles. The number of rotatable bonds is 8. The third-order valence-corrected chi connectivity index (χ3v) is 8.84. The van der Waals surface area contributed by atoms with Gasteiger partial charge in [0.15, 0.2) is 0 Å². The van der Waals surface area contributed by atoms with E-state index in [2.05, 4.69) is 0 Å².